The van der Waals surface area contributed by atoms with Crippen LogP contribution in [0.15, 0.2) is 35.9 Å². The number of carbonyl (C=O) groups is 2. The van der Waals surface area contributed by atoms with Crippen molar-refractivity contribution >= 4 is 17.5 Å². The Kier molecular flexibility index (Phi) is 5.90. The fraction of sp³-hybridized carbons (Fsp3) is 0.524. The molecule has 1 saturated heterocycles. The SMILES string of the molecule is CCc1ccccc1N1CC(C(=O)NCCC2=CCCCC2)CC1=O. The Balaban J connectivity index is 1.54. The number of para-hydroxylation sites is 1. The van der Waals surface area contributed by atoms with Crippen LogP contribution in [0.5, 0.6) is 0 Å². The van der Waals surface area contributed by atoms with E-state index in [1.807, 2.05) is 24.3 Å². The monoisotopic (exact) mass is 340 g/mol. The summed E-state index contributed by atoms with van der Waals surface area (Å²) in [5.74, 6) is -0.171. The van der Waals surface area contributed by atoms with E-state index >= 15 is 0 Å². The van der Waals surface area contributed by atoms with Crippen LogP contribution in [-0.4, -0.2) is 24.9 Å². The highest BCUT2D eigenvalue weighted by atomic mass is 16.2. The largest absolute Gasteiger partial charge is 0.355 e. The first-order valence-corrected chi connectivity index (χ1v) is 9.53. The van der Waals surface area contributed by atoms with Crippen LogP contribution in [0.2, 0.25) is 0 Å². The molecule has 134 valence electrons. The molecule has 0 radical (unpaired) electrons. The third kappa shape index (κ3) is 4.30. The standard InChI is InChI=1S/C21H28N2O2/c1-2-17-10-6-7-11-19(17)23-15-18(14-20(23)24)21(25)22-13-12-16-8-4-3-5-9-16/h6-8,10-11,18H,2-5,9,12-15H2,1H3,(H,22,25). The summed E-state index contributed by atoms with van der Waals surface area (Å²) < 4.78 is 0. The van der Waals surface area contributed by atoms with Gasteiger partial charge in [0.2, 0.25) is 11.8 Å². The second-order valence-electron chi connectivity index (χ2n) is 7.04. The Hall–Kier alpha value is -2.10. The van der Waals surface area contributed by atoms with E-state index in [1.54, 1.807) is 4.90 Å². The smallest absolute Gasteiger partial charge is 0.227 e. The van der Waals surface area contributed by atoms with Crippen LogP contribution in [0.1, 0.15) is 51.0 Å². The molecule has 1 N–H and O–H groups in total. The molecule has 2 aliphatic rings. The maximum atomic E-state index is 12.5. The minimum absolute atomic E-state index is 0.0150. The van der Waals surface area contributed by atoms with Gasteiger partial charge in [0.15, 0.2) is 0 Å². The first-order chi connectivity index (χ1) is 12.2. The summed E-state index contributed by atoms with van der Waals surface area (Å²) in [7, 11) is 0. The summed E-state index contributed by atoms with van der Waals surface area (Å²) in [5.41, 5.74) is 3.58. The number of rotatable bonds is 6. The zero-order valence-electron chi connectivity index (χ0n) is 15.1. The summed E-state index contributed by atoms with van der Waals surface area (Å²) in [6, 6.07) is 7.97. The number of amides is 2. The Morgan fingerprint density at radius 3 is 2.88 bits per heavy atom. The summed E-state index contributed by atoms with van der Waals surface area (Å²) in [6.07, 6.45) is 9.34. The highest BCUT2D eigenvalue weighted by Crippen LogP contribution is 2.28. The van der Waals surface area contributed by atoms with Crippen LogP contribution in [0.25, 0.3) is 0 Å². The van der Waals surface area contributed by atoms with Gasteiger partial charge in [0.25, 0.3) is 0 Å². The zero-order valence-corrected chi connectivity index (χ0v) is 15.1. The summed E-state index contributed by atoms with van der Waals surface area (Å²) in [6.45, 7) is 3.26. The molecule has 4 heteroatoms. The third-order valence-corrected chi connectivity index (χ3v) is 5.29. The highest BCUT2D eigenvalue weighted by Gasteiger charge is 2.35. The number of anilines is 1. The Morgan fingerprint density at radius 1 is 1.28 bits per heavy atom. The van der Waals surface area contributed by atoms with Gasteiger partial charge < -0.3 is 10.2 Å². The van der Waals surface area contributed by atoms with Crippen LogP contribution < -0.4 is 10.2 Å². The van der Waals surface area contributed by atoms with Crippen molar-refractivity contribution in [1.29, 1.82) is 0 Å². The van der Waals surface area contributed by atoms with Crippen LogP contribution in [-0.2, 0) is 16.0 Å². The Bertz CT molecular complexity index is 666. The molecule has 4 nitrogen and oxygen atoms in total. The number of carbonyl (C=O) groups excluding carboxylic acids is 2. The minimum Gasteiger partial charge on any atom is -0.355 e. The van der Waals surface area contributed by atoms with Gasteiger partial charge in [-0.3, -0.25) is 9.59 Å². The van der Waals surface area contributed by atoms with Crippen molar-refractivity contribution in [2.24, 2.45) is 5.92 Å². The number of hydrogen-bond donors (Lipinski definition) is 1. The zero-order chi connectivity index (χ0) is 17.6. The molecule has 0 aromatic heterocycles. The molecular weight excluding hydrogens is 312 g/mol. The molecule has 1 atom stereocenters. The fourth-order valence-electron chi connectivity index (χ4n) is 3.81. The second-order valence-corrected chi connectivity index (χ2v) is 7.04. The lowest BCUT2D eigenvalue weighted by Crippen LogP contribution is -2.33. The van der Waals surface area contributed by atoms with Crippen molar-refractivity contribution in [3.05, 3.63) is 41.5 Å². The number of allylic oxidation sites excluding steroid dienone is 1. The number of aryl methyl sites for hydroxylation is 1. The topological polar surface area (TPSA) is 49.4 Å². The molecule has 1 heterocycles. The average Bonchev–Trinajstić information content (AvgIpc) is 3.04. The quantitative estimate of drug-likeness (QED) is 0.804. The molecule has 3 rings (SSSR count). The number of nitrogens with one attached hydrogen (secondary N) is 1. The molecule has 25 heavy (non-hydrogen) atoms. The van der Waals surface area contributed by atoms with Crippen LogP contribution in [0.3, 0.4) is 0 Å². The van der Waals surface area contributed by atoms with Crippen molar-refractivity contribution in [2.75, 3.05) is 18.0 Å². The van der Waals surface area contributed by atoms with Gasteiger partial charge in [0.05, 0.1) is 5.92 Å². The predicted octanol–water partition coefficient (Wildman–Crippen LogP) is 3.61. The van der Waals surface area contributed by atoms with E-state index in [9.17, 15) is 9.59 Å². The summed E-state index contributed by atoms with van der Waals surface area (Å²) in [4.78, 5) is 26.7. The second kappa shape index (κ2) is 8.32. The van der Waals surface area contributed by atoms with Gasteiger partial charge in [0.1, 0.15) is 0 Å². The van der Waals surface area contributed by atoms with Gasteiger partial charge in [0, 0.05) is 25.2 Å². The normalized spacial score (nSPS) is 20.5. The molecule has 0 saturated carbocycles. The van der Waals surface area contributed by atoms with E-state index in [4.69, 9.17) is 0 Å². The molecule has 1 aromatic rings. The van der Waals surface area contributed by atoms with E-state index in [0.29, 0.717) is 19.5 Å². The van der Waals surface area contributed by atoms with Gasteiger partial charge in [-0.1, -0.05) is 36.8 Å². The highest BCUT2D eigenvalue weighted by molar-refractivity contribution is 6.00. The van der Waals surface area contributed by atoms with Gasteiger partial charge in [-0.25, -0.2) is 0 Å². The molecular formula is C21H28N2O2. The lowest BCUT2D eigenvalue weighted by molar-refractivity contribution is -0.126. The van der Waals surface area contributed by atoms with Gasteiger partial charge in [-0.05, 0) is 50.2 Å². The molecule has 1 aliphatic heterocycles. The minimum atomic E-state index is -0.238. The van der Waals surface area contributed by atoms with E-state index < -0.39 is 0 Å². The van der Waals surface area contributed by atoms with Gasteiger partial charge >= 0.3 is 0 Å². The maximum Gasteiger partial charge on any atom is 0.227 e. The first-order valence-electron chi connectivity index (χ1n) is 9.53. The van der Waals surface area contributed by atoms with E-state index in [0.717, 1.165) is 24.1 Å². The van der Waals surface area contributed by atoms with Crippen molar-refractivity contribution < 1.29 is 9.59 Å². The molecule has 1 unspecified atom stereocenters. The van der Waals surface area contributed by atoms with E-state index in [1.165, 1.54) is 31.3 Å². The Morgan fingerprint density at radius 2 is 2.12 bits per heavy atom. The molecule has 2 amide bonds. The lowest BCUT2D eigenvalue weighted by Gasteiger charge is -2.20. The van der Waals surface area contributed by atoms with Crippen molar-refractivity contribution in [3.63, 3.8) is 0 Å². The van der Waals surface area contributed by atoms with Crippen molar-refractivity contribution in [3.8, 4) is 0 Å². The Labute approximate surface area is 150 Å². The number of nitrogens with zero attached hydrogens (tertiary/aromatic N) is 1. The van der Waals surface area contributed by atoms with E-state index in [2.05, 4.69) is 18.3 Å². The van der Waals surface area contributed by atoms with E-state index in [-0.39, 0.29) is 17.7 Å². The summed E-state index contributed by atoms with van der Waals surface area (Å²) in [5, 5.41) is 3.03. The number of benzene rings is 1. The summed E-state index contributed by atoms with van der Waals surface area (Å²) >= 11 is 0. The predicted molar refractivity (Wildman–Crippen MR) is 100 cm³/mol. The molecule has 1 aromatic carbocycles. The molecule has 1 fully saturated rings. The number of hydrogen-bond acceptors (Lipinski definition) is 2. The van der Waals surface area contributed by atoms with Crippen LogP contribution in [0, 0.1) is 5.92 Å². The van der Waals surface area contributed by atoms with Crippen molar-refractivity contribution in [1.82, 2.24) is 5.32 Å². The lowest BCUT2D eigenvalue weighted by atomic mass is 9.97. The molecule has 0 spiro atoms. The first kappa shape index (κ1) is 17.7. The fourth-order valence-corrected chi connectivity index (χ4v) is 3.81. The maximum absolute atomic E-state index is 12.5. The van der Waals surface area contributed by atoms with Gasteiger partial charge in [-0.2, -0.15) is 0 Å². The third-order valence-electron chi connectivity index (χ3n) is 5.29. The van der Waals surface area contributed by atoms with Crippen LogP contribution in [0.4, 0.5) is 5.69 Å². The van der Waals surface area contributed by atoms with Crippen molar-refractivity contribution in [2.45, 2.75) is 51.9 Å². The molecule has 1 aliphatic carbocycles. The van der Waals surface area contributed by atoms with Gasteiger partial charge in [-0.15, -0.1) is 0 Å². The van der Waals surface area contributed by atoms with Crippen LogP contribution >= 0.6 is 0 Å². The average molecular weight is 340 g/mol. The molecule has 0 bridgehead atoms.